The molecule has 0 spiro atoms. The van der Waals surface area contributed by atoms with Gasteiger partial charge in [0.25, 0.3) is 5.91 Å². The smallest absolute Gasteiger partial charge is 0.304 e. The number of carbonyl (C=O) groups excluding carboxylic acids is 2. The van der Waals surface area contributed by atoms with E-state index < -0.39 is 23.8 Å². The average molecular weight is 402 g/mol. The normalized spacial score (nSPS) is 19.5. The second-order valence-corrected chi connectivity index (χ2v) is 7.18. The van der Waals surface area contributed by atoms with Crippen molar-refractivity contribution in [3.05, 3.63) is 107 Å². The first-order chi connectivity index (χ1) is 14.5. The molecule has 5 nitrogen and oxygen atoms in total. The molecule has 0 bridgehead atoms. The predicted octanol–water partition coefficient (Wildman–Crippen LogP) is 3.15. The maximum absolute atomic E-state index is 13.2. The maximum Gasteiger partial charge on any atom is 0.304 e. The molecule has 3 aromatic carbocycles. The molecule has 2 atom stereocenters. The zero-order valence-corrected chi connectivity index (χ0v) is 16.4. The first-order valence-electron chi connectivity index (χ1n) is 9.63. The highest BCUT2D eigenvalue weighted by atomic mass is 19.1. The summed E-state index contributed by atoms with van der Waals surface area (Å²) >= 11 is 0. The Balaban J connectivity index is 1.70. The molecule has 1 saturated heterocycles. The van der Waals surface area contributed by atoms with Crippen LogP contribution in [0.3, 0.4) is 0 Å². The fourth-order valence-corrected chi connectivity index (χ4v) is 3.54. The number of benzene rings is 3. The topological polar surface area (TPSA) is 61.2 Å². The Bertz CT molecular complexity index is 1110. The molecular weight excluding hydrogens is 381 g/mol. The second-order valence-electron chi connectivity index (χ2n) is 7.18. The summed E-state index contributed by atoms with van der Waals surface area (Å²) in [7, 11) is 0. The fraction of sp³-hybridized carbons (Fsp3) is 0.125. The first-order valence-corrected chi connectivity index (χ1v) is 9.63. The van der Waals surface area contributed by atoms with Crippen molar-refractivity contribution in [2.24, 2.45) is 0 Å². The largest absolute Gasteiger partial charge is 0.334 e. The third kappa shape index (κ3) is 3.98. The van der Waals surface area contributed by atoms with Crippen LogP contribution >= 0.6 is 0 Å². The van der Waals surface area contributed by atoms with Gasteiger partial charge in [0.15, 0.2) is 6.04 Å². The molecule has 4 rings (SSSR count). The van der Waals surface area contributed by atoms with E-state index in [1.54, 1.807) is 4.68 Å². The minimum atomic E-state index is -0.815. The van der Waals surface area contributed by atoms with Crippen LogP contribution in [0.25, 0.3) is 0 Å². The fourth-order valence-electron chi connectivity index (χ4n) is 3.54. The Morgan fingerprint density at radius 2 is 1.67 bits per heavy atom. The van der Waals surface area contributed by atoms with E-state index in [9.17, 15) is 14.0 Å². The molecule has 0 unspecified atom stereocenters. The number of hydrazone groups is 1. The molecule has 3 aromatic rings. The van der Waals surface area contributed by atoms with E-state index in [0.717, 1.165) is 16.7 Å². The van der Waals surface area contributed by atoms with Gasteiger partial charge in [0.1, 0.15) is 5.82 Å². The molecule has 0 radical (unpaired) electrons. The Kier molecular flexibility index (Phi) is 5.39. The molecule has 0 aliphatic carbocycles. The summed E-state index contributed by atoms with van der Waals surface area (Å²) in [6.45, 7) is 2.00. The SMILES string of the molecule is Cc1ccccc1/C=[N+]1\NC(=O)[C@H](NC(=O)c2ccc(F)cc2)[C@H]1c1ccccc1. The van der Waals surface area contributed by atoms with Gasteiger partial charge in [-0.25, -0.2) is 4.39 Å². The average Bonchev–Trinajstić information content (AvgIpc) is 3.05. The number of nitrogens with one attached hydrogen (secondary N) is 2. The summed E-state index contributed by atoms with van der Waals surface area (Å²) in [5.74, 6) is -1.18. The number of amides is 2. The molecule has 150 valence electrons. The highest BCUT2D eigenvalue weighted by Gasteiger charge is 2.47. The van der Waals surface area contributed by atoms with Gasteiger partial charge < -0.3 is 5.32 Å². The molecule has 6 heteroatoms. The molecule has 1 aliphatic rings. The summed E-state index contributed by atoms with van der Waals surface area (Å²) < 4.78 is 14.9. The Hall–Kier alpha value is -3.80. The van der Waals surface area contributed by atoms with Gasteiger partial charge in [-0.2, -0.15) is 0 Å². The van der Waals surface area contributed by atoms with E-state index in [0.29, 0.717) is 0 Å². The molecule has 1 fully saturated rings. The van der Waals surface area contributed by atoms with Crippen molar-refractivity contribution in [2.75, 3.05) is 0 Å². The van der Waals surface area contributed by atoms with Gasteiger partial charge in [0.2, 0.25) is 12.3 Å². The number of hydrogen-bond donors (Lipinski definition) is 2. The lowest BCUT2D eigenvalue weighted by atomic mass is 9.99. The number of aryl methyl sites for hydroxylation is 1. The Labute approximate surface area is 173 Å². The van der Waals surface area contributed by atoms with Crippen molar-refractivity contribution < 1.29 is 18.7 Å². The Morgan fingerprint density at radius 3 is 2.37 bits per heavy atom. The number of rotatable bonds is 4. The van der Waals surface area contributed by atoms with E-state index in [4.69, 9.17) is 0 Å². The molecule has 1 heterocycles. The van der Waals surface area contributed by atoms with Crippen molar-refractivity contribution in [1.29, 1.82) is 0 Å². The summed E-state index contributed by atoms with van der Waals surface area (Å²) in [4.78, 5) is 25.5. The number of hydrogen-bond acceptors (Lipinski definition) is 2. The lowest BCUT2D eigenvalue weighted by Crippen LogP contribution is -2.42. The van der Waals surface area contributed by atoms with Gasteiger partial charge in [-0.15, -0.1) is 10.1 Å². The van der Waals surface area contributed by atoms with E-state index in [2.05, 4.69) is 10.7 Å². The molecule has 0 saturated carbocycles. The minimum absolute atomic E-state index is 0.289. The van der Waals surface area contributed by atoms with Gasteiger partial charge >= 0.3 is 5.91 Å². The van der Waals surface area contributed by atoms with Crippen molar-refractivity contribution >= 4 is 18.0 Å². The van der Waals surface area contributed by atoms with Gasteiger partial charge in [-0.05, 0) is 42.8 Å². The minimum Gasteiger partial charge on any atom is -0.334 e. The molecule has 0 aromatic heterocycles. The Morgan fingerprint density at radius 1 is 1.00 bits per heavy atom. The van der Waals surface area contributed by atoms with Crippen LogP contribution in [0, 0.1) is 12.7 Å². The monoisotopic (exact) mass is 402 g/mol. The first kappa shape index (κ1) is 19.5. The second kappa shape index (κ2) is 8.29. The standard InChI is InChI=1S/C24H20FN3O2/c1-16-7-5-6-10-19(16)15-28-22(17-8-3-2-4-9-17)21(24(30)27-28)26-23(29)18-11-13-20(25)14-12-18/h2-15,21-22H,1H3,(H-,26,27,29,30)/p+1/b28-15-/t21-,22-/m1/s1. The molecule has 2 N–H and O–H groups in total. The van der Waals surface area contributed by atoms with Crippen LogP contribution in [0.2, 0.25) is 0 Å². The van der Waals surface area contributed by atoms with Crippen LogP contribution in [-0.2, 0) is 4.79 Å². The zero-order chi connectivity index (χ0) is 21.1. The number of nitrogens with zero attached hydrogens (tertiary/aromatic N) is 1. The lowest BCUT2D eigenvalue weighted by molar-refractivity contribution is -0.596. The van der Waals surface area contributed by atoms with Crippen molar-refractivity contribution in [2.45, 2.75) is 19.0 Å². The third-order valence-electron chi connectivity index (χ3n) is 5.14. The highest BCUT2D eigenvalue weighted by Crippen LogP contribution is 2.25. The highest BCUT2D eigenvalue weighted by molar-refractivity contribution is 5.98. The number of hydrazine groups is 1. The van der Waals surface area contributed by atoms with Crippen LogP contribution in [0.4, 0.5) is 4.39 Å². The molecule has 1 aliphatic heterocycles. The predicted molar refractivity (Wildman–Crippen MR) is 112 cm³/mol. The molecular formula is C24H21FN3O2+. The van der Waals surface area contributed by atoms with Crippen LogP contribution < -0.4 is 10.7 Å². The lowest BCUT2D eigenvalue weighted by Gasteiger charge is -2.14. The summed E-state index contributed by atoms with van der Waals surface area (Å²) in [6, 6.07) is 21.3. The van der Waals surface area contributed by atoms with E-state index in [1.165, 1.54) is 24.3 Å². The van der Waals surface area contributed by atoms with Gasteiger partial charge in [-0.1, -0.05) is 48.5 Å². The van der Waals surface area contributed by atoms with Crippen molar-refractivity contribution in [3.8, 4) is 0 Å². The van der Waals surface area contributed by atoms with E-state index in [-0.39, 0.29) is 11.5 Å². The summed E-state index contributed by atoms with van der Waals surface area (Å²) in [6.07, 6.45) is 1.87. The van der Waals surface area contributed by atoms with E-state index >= 15 is 0 Å². The maximum atomic E-state index is 13.2. The molecule has 30 heavy (non-hydrogen) atoms. The van der Waals surface area contributed by atoms with Crippen molar-refractivity contribution in [3.63, 3.8) is 0 Å². The zero-order valence-electron chi connectivity index (χ0n) is 16.4. The van der Waals surface area contributed by atoms with Crippen molar-refractivity contribution in [1.82, 2.24) is 10.7 Å². The summed E-state index contributed by atoms with van der Waals surface area (Å²) in [5, 5.41) is 2.81. The van der Waals surface area contributed by atoms with Gasteiger partial charge in [0.05, 0.1) is 0 Å². The van der Waals surface area contributed by atoms with Crippen LogP contribution in [0.1, 0.15) is 33.1 Å². The van der Waals surface area contributed by atoms with Crippen LogP contribution in [0.15, 0.2) is 78.9 Å². The summed E-state index contributed by atoms with van der Waals surface area (Å²) in [5.41, 5.74) is 6.06. The quantitative estimate of drug-likeness (QED) is 0.659. The van der Waals surface area contributed by atoms with Crippen LogP contribution in [-0.4, -0.2) is 28.8 Å². The van der Waals surface area contributed by atoms with E-state index in [1.807, 2.05) is 67.7 Å². The van der Waals surface area contributed by atoms with Gasteiger partial charge in [0, 0.05) is 16.7 Å². The number of halogens is 1. The van der Waals surface area contributed by atoms with Gasteiger partial charge in [-0.3, -0.25) is 9.59 Å². The van der Waals surface area contributed by atoms with Crippen LogP contribution in [0.5, 0.6) is 0 Å². The third-order valence-corrected chi connectivity index (χ3v) is 5.14. The molecule has 2 amide bonds. The number of carbonyl (C=O) groups is 2.